The van der Waals surface area contributed by atoms with Gasteiger partial charge in [0.25, 0.3) is 0 Å². The van der Waals surface area contributed by atoms with Gasteiger partial charge in [0.15, 0.2) is 0 Å². The summed E-state index contributed by atoms with van der Waals surface area (Å²) in [4.78, 5) is 27.7. The third kappa shape index (κ3) is 3.12. The maximum atomic E-state index is 12.2. The highest BCUT2D eigenvalue weighted by Crippen LogP contribution is 2.30. The number of hydrogen-bond donors (Lipinski definition) is 3. The topological polar surface area (TPSA) is 85.4 Å². The van der Waals surface area contributed by atoms with Crippen LogP contribution in [0.15, 0.2) is 6.07 Å². The second-order valence-electron chi connectivity index (χ2n) is 6.13. The second-order valence-corrected chi connectivity index (χ2v) is 6.13. The molecule has 1 aliphatic rings. The van der Waals surface area contributed by atoms with Crippen molar-refractivity contribution < 1.29 is 14.7 Å². The van der Waals surface area contributed by atoms with Gasteiger partial charge in [0.1, 0.15) is 5.69 Å². The van der Waals surface area contributed by atoms with Crippen LogP contribution in [0.1, 0.15) is 42.9 Å². The van der Waals surface area contributed by atoms with E-state index in [2.05, 4.69) is 24.1 Å². The molecule has 1 aliphatic heterocycles. The zero-order valence-electron chi connectivity index (χ0n) is 12.1. The van der Waals surface area contributed by atoms with Crippen molar-refractivity contribution in [3.63, 3.8) is 0 Å². The average molecular weight is 279 g/mol. The average Bonchev–Trinajstić information content (AvgIpc) is 2.70. The Morgan fingerprint density at radius 2 is 1.95 bits per heavy atom. The SMILES string of the molecule is Cc1cc(NC(=O)N2CCC(C)(C)CC2)c(C(=O)O)[nH]1. The number of rotatable bonds is 2. The van der Waals surface area contributed by atoms with Crippen LogP contribution in [0.25, 0.3) is 0 Å². The molecule has 0 aliphatic carbocycles. The lowest BCUT2D eigenvalue weighted by Crippen LogP contribution is -2.43. The van der Waals surface area contributed by atoms with Crippen LogP contribution in [0.4, 0.5) is 10.5 Å². The van der Waals surface area contributed by atoms with Crippen molar-refractivity contribution in [2.45, 2.75) is 33.6 Å². The number of carboxylic acids is 1. The molecule has 1 saturated heterocycles. The highest BCUT2D eigenvalue weighted by molar-refractivity contribution is 5.99. The van der Waals surface area contributed by atoms with Gasteiger partial charge >= 0.3 is 12.0 Å². The Bertz CT molecular complexity index is 524. The van der Waals surface area contributed by atoms with Gasteiger partial charge in [-0.05, 0) is 31.2 Å². The van der Waals surface area contributed by atoms with E-state index in [-0.39, 0.29) is 17.1 Å². The van der Waals surface area contributed by atoms with Gasteiger partial charge in [-0.1, -0.05) is 13.8 Å². The van der Waals surface area contributed by atoms with Crippen molar-refractivity contribution in [1.29, 1.82) is 0 Å². The summed E-state index contributed by atoms with van der Waals surface area (Å²) in [6.45, 7) is 7.54. The van der Waals surface area contributed by atoms with Crippen molar-refractivity contribution in [3.8, 4) is 0 Å². The molecule has 0 unspecified atom stereocenters. The Balaban J connectivity index is 2.04. The lowest BCUT2D eigenvalue weighted by molar-refractivity contribution is 0.0692. The summed E-state index contributed by atoms with van der Waals surface area (Å²) >= 11 is 0. The molecular weight excluding hydrogens is 258 g/mol. The third-order valence-electron chi connectivity index (χ3n) is 3.81. The van der Waals surface area contributed by atoms with E-state index in [0.29, 0.717) is 24.5 Å². The Hall–Kier alpha value is -1.98. The van der Waals surface area contributed by atoms with Crippen LogP contribution in [0.5, 0.6) is 0 Å². The van der Waals surface area contributed by atoms with E-state index in [1.165, 1.54) is 0 Å². The van der Waals surface area contributed by atoms with Crippen molar-refractivity contribution in [3.05, 3.63) is 17.5 Å². The molecule has 1 fully saturated rings. The van der Waals surface area contributed by atoms with Crippen molar-refractivity contribution >= 4 is 17.7 Å². The molecule has 6 nitrogen and oxygen atoms in total. The number of H-pyrrole nitrogens is 1. The van der Waals surface area contributed by atoms with Crippen molar-refractivity contribution in [2.75, 3.05) is 18.4 Å². The predicted molar refractivity (Wildman–Crippen MR) is 76.1 cm³/mol. The number of nitrogens with zero attached hydrogens (tertiary/aromatic N) is 1. The Kier molecular flexibility index (Phi) is 3.74. The second kappa shape index (κ2) is 5.19. The molecule has 0 radical (unpaired) electrons. The zero-order chi connectivity index (χ0) is 14.9. The van der Waals surface area contributed by atoms with Crippen molar-refractivity contribution in [1.82, 2.24) is 9.88 Å². The zero-order valence-corrected chi connectivity index (χ0v) is 12.1. The van der Waals surface area contributed by atoms with Crippen LogP contribution in [0.2, 0.25) is 0 Å². The van der Waals surface area contributed by atoms with E-state index >= 15 is 0 Å². The maximum absolute atomic E-state index is 12.2. The quantitative estimate of drug-likeness (QED) is 0.778. The molecule has 2 heterocycles. The van der Waals surface area contributed by atoms with E-state index < -0.39 is 5.97 Å². The van der Waals surface area contributed by atoms with E-state index in [9.17, 15) is 9.59 Å². The molecule has 1 aromatic heterocycles. The fourth-order valence-electron chi connectivity index (χ4n) is 2.37. The van der Waals surface area contributed by atoms with Gasteiger partial charge in [0, 0.05) is 18.8 Å². The van der Waals surface area contributed by atoms with Crippen LogP contribution in [-0.2, 0) is 0 Å². The van der Waals surface area contributed by atoms with Crippen LogP contribution in [0.3, 0.4) is 0 Å². The minimum absolute atomic E-state index is 0.0215. The number of carboxylic acid groups (broad SMARTS) is 1. The summed E-state index contributed by atoms with van der Waals surface area (Å²) in [7, 11) is 0. The van der Waals surface area contributed by atoms with Crippen LogP contribution in [0, 0.1) is 12.3 Å². The lowest BCUT2D eigenvalue weighted by Gasteiger charge is -2.36. The highest BCUT2D eigenvalue weighted by atomic mass is 16.4. The fraction of sp³-hybridized carbons (Fsp3) is 0.571. The number of hydrogen-bond acceptors (Lipinski definition) is 2. The van der Waals surface area contributed by atoms with Crippen molar-refractivity contribution in [2.24, 2.45) is 5.41 Å². The summed E-state index contributed by atoms with van der Waals surface area (Å²) in [5.41, 5.74) is 1.32. The molecule has 3 N–H and O–H groups in total. The summed E-state index contributed by atoms with van der Waals surface area (Å²) in [6, 6.07) is 1.40. The largest absolute Gasteiger partial charge is 0.477 e. The first-order valence-corrected chi connectivity index (χ1v) is 6.77. The Morgan fingerprint density at radius 1 is 1.35 bits per heavy atom. The summed E-state index contributed by atoms with van der Waals surface area (Å²) in [6.07, 6.45) is 1.91. The molecule has 1 aromatic rings. The number of aromatic amines is 1. The molecule has 0 bridgehead atoms. The number of aryl methyl sites for hydroxylation is 1. The number of nitrogens with one attached hydrogen (secondary N) is 2. The molecule has 0 saturated carbocycles. The summed E-state index contributed by atoms with van der Waals surface area (Å²) in [5.74, 6) is -1.08. The van der Waals surface area contributed by atoms with Crippen LogP contribution >= 0.6 is 0 Å². The van der Waals surface area contributed by atoms with Gasteiger partial charge in [0.05, 0.1) is 5.69 Å². The van der Waals surface area contributed by atoms with Gasteiger partial charge < -0.3 is 20.3 Å². The number of carbonyl (C=O) groups is 2. The first-order valence-electron chi connectivity index (χ1n) is 6.77. The maximum Gasteiger partial charge on any atom is 0.354 e. The number of aromatic carboxylic acids is 1. The molecule has 0 aromatic carbocycles. The first-order chi connectivity index (χ1) is 9.28. The summed E-state index contributed by atoms with van der Waals surface area (Å²) in [5, 5.41) is 11.8. The molecule has 6 heteroatoms. The molecule has 110 valence electrons. The summed E-state index contributed by atoms with van der Waals surface area (Å²) < 4.78 is 0. The van der Waals surface area contributed by atoms with Crippen LogP contribution < -0.4 is 5.32 Å². The van der Waals surface area contributed by atoms with E-state index in [1.807, 2.05) is 0 Å². The van der Waals surface area contributed by atoms with Gasteiger partial charge in [0.2, 0.25) is 0 Å². The number of anilines is 1. The third-order valence-corrected chi connectivity index (χ3v) is 3.81. The minimum atomic E-state index is -1.08. The standard InChI is InChI=1S/C14H21N3O3/c1-9-8-10(11(15-9)12(18)19)16-13(20)17-6-4-14(2,3)5-7-17/h8,15H,4-7H2,1-3H3,(H,16,20)(H,18,19). The molecule has 2 amide bonds. The van der Waals surface area contributed by atoms with Gasteiger partial charge in [-0.25, -0.2) is 9.59 Å². The fourth-order valence-corrected chi connectivity index (χ4v) is 2.37. The molecule has 0 spiro atoms. The van der Waals surface area contributed by atoms with Gasteiger partial charge in [-0.15, -0.1) is 0 Å². The normalized spacial score (nSPS) is 17.9. The first kappa shape index (κ1) is 14.4. The monoisotopic (exact) mass is 279 g/mol. The molecule has 2 rings (SSSR count). The molecule has 0 atom stereocenters. The number of aromatic nitrogens is 1. The number of likely N-dealkylation sites (tertiary alicyclic amines) is 1. The van der Waals surface area contributed by atoms with E-state index in [4.69, 9.17) is 5.11 Å². The van der Waals surface area contributed by atoms with Gasteiger partial charge in [-0.3, -0.25) is 0 Å². The Labute approximate surface area is 118 Å². The predicted octanol–water partition coefficient (Wildman–Crippen LogP) is 2.68. The lowest BCUT2D eigenvalue weighted by atomic mass is 9.83. The molecule has 20 heavy (non-hydrogen) atoms. The number of piperidine rings is 1. The van der Waals surface area contributed by atoms with E-state index in [1.54, 1.807) is 17.9 Å². The van der Waals surface area contributed by atoms with Crippen LogP contribution in [-0.4, -0.2) is 40.1 Å². The minimum Gasteiger partial charge on any atom is -0.477 e. The van der Waals surface area contributed by atoms with Gasteiger partial charge in [-0.2, -0.15) is 0 Å². The number of amides is 2. The van der Waals surface area contributed by atoms with E-state index in [0.717, 1.165) is 12.8 Å². The highest BCUT2D eigenvalue weighted by Gasteiger charge is 2.28. The smallest absolute Gasteiger partial charge is 0.354 e. The Morgan fingerprint density at radius 3 is 2.50 bits per heavy atom. The number of carbonyl (C=O) groups excluding carboxylic acids is 1. The molecular formula is C14H21N3O3. The number of urea groups is 1.